The summed E-state index contributed by atoms with van der Waals surface area (Å²) in [5.41, 5.74) is 4.83. The predicted octanol–water partition coefficient (Wildman–Crippen LogP) is 5.06. The number of rotatable bonds is 10. The van der Waals surface area contributed by atoms with E-state index in [2.05, 4.69) is 28.8 Å². The molecule has 0 spiro atoms. The molecule has 0 bridgehead atoms. The van der Waals surface area contributed by atoms with Crippen molar-refractivity contribution in [2.75, 3.05) is 12.4 Å². The summed E-state index contributed by atoms with van der Waals surface area (Å²) in [5.74, 6) is -0.389. The fraction of sp³-hybridized carbons (Fsp3) is 0.147. The number of nitrogens with one attached hydrogen (secondary N) is 2. The van der Waals surface area contributed by atoms with E-state index in [1.54, 1.807) is 47.7 Å². The SMILES string of the molecule is CNC(C)C(=O)Nc1cn(-c2cccc(Cc3ccccc3)c2)n(Cc2cccc(C(=O)c3ccccc3)c2)c1=O. The first-order valence-corrected chi connectivity index (χ1v) is 13.6. The van der Waals surface area contributed by atoms with E-state index in [1.807, 2.05) is 72.8 Å². The van der Waals surface area contributed by atoms with E-state index in [0.717, 1.165) is 23.2 Å². The molecule has 7 nitrogen and oxygen atoms in total. The lowest BCUT2D eigenvalue weighted by Gasteiger charge is -2.14. The molecule has 5 rings (SSSR count). The summed E-state index contributed by atoms with van der Waals surface area (Å²) in [6, 6.07) is 34.1. The molecule has 0 saturated carbocycles. The molecule has 2 N–H and O–H groups in total. The summed E-state index contributed by atoms with van der Waals surface area (Å²) < 4.78 is 3.34. The Hall–Kier alpha value is -5.01. The summed E-state index contributed by atoms with van der Waals surface area (Å²) >= 11 is 0. The van der Waals surface area contributed by atoms with Crippen LogP contribution >= 0.6 is 0 Å². The largest absolute Gasteiger partial charge is 0.319 e. The van der Waals surface area contributed by atoms with Crippen LogP contribution in [0.4, 0.5) is 5.69 Å². The Kier molecular flexibility index (Phi) is 8.36. The Morgan fingerprint density at radius 1 is 0.756 bits per heavy atom. The number of nitrogens with zero attached hydrogens (tertiary/aromatic N) is 2. The van der Waals surface area contributed by atoms with Gasteiger partial charge in [0.1, 0.15) is 5.69 Å². The van der Waals surface area contributed by atoms with Gasteiger partial charge in [-0.05, 0) is 55.3 Å². The Bertz CT molecular complexity index is 1720. The van der Waals surface area contributed by atoms with Gasteiger partial charge < -0.3 is 10.6 Å². The zero-order chi connectivity index (χ0) is 28.8. The average Bonchev–Trinajstić information content (AvgIpc) is 3.31. The number of hydrogen-bond acceptors (Lipinski definition) is 4. The number of aromatic nitrogens is 2. The van der Waals surface area contributed by atoms with Crippen molar-refractivity contribution in [3.8, 4) is 5.69 Å². The fourth-order valence-electron chi connectivity index (χ4n) is 4.68. The van der Waals surface area contributed by atoms with Gasteiger partial charge in [-0.2, -0.15) is 0 Å². The van der Waals surface area contributed by atoms with Crippen molar-refractivity contribution in [1.29, 1.82) is 0 Å². The van der Waals surface area contributed by atoms with E-state index in [4.69, 9.17) is 0 Å². The van der Waals surface area contributed by atoms with Crippen LogP contribution in [-0.4, -0.2) is 34.1 Å². The van der Waals surface area contributed by atoms with Crippen molar-refractivity contribution in [2.45, 2.75) is 25.9 Å². The number of hydrogen-bond donors (Lipinski definition) is 2. The smallest absolute Gasteiger partial charge is 0.291 e. The molecule has 1 atom stereocenters. The zero-order valence-electron chi connectivity index (χ0n) is 23.1. The molecule has 1 unspecified atom stereocenters. The summed E-state index contributed by atoms with van der Waals surface area (Å²) in [5, 5.41) is 5.67. The van der Waals surface area contributed by atoms with Crippen LogP contribution < -0.4 is 16.2 Å². The number of carbonyl (C=O) groups excluding carboxylic acids is 2. The summed E-state index contributed by atoms with van der Waals surface area (Å²) in [6.07, 6.45) is 2.40. The number of benzene rings is 4. The second-order valence-electron chi connectivity index (χ2n) is 9.98. The third-order valence-electron chi connectivity index (χ3n) is 7.04. The van der Waals surface area contributed by atoms with Gasteiger partial charge in [0.05, 0.1) is 24.5 Å². The van der Waals surface area contributed by atoms with Crippen LogP contribution in [0.25, 0.3) is 5.69 Å². The van der Waals surface area contributed by atoms with E-state index in [1.165, 1.54) is 5.56 Å². The van der Waals surface area contributed by atoms with Gasteiger partial charge in [-0.15, -0.1) is 0 Å². The maximum absolute atomic E-state index is 13.7. The van der Waals surface area contributed by atoms with Gasteiger partial charge in [-0.3, -0.25) is 19.1 Å². The molecule has 1 amide bonds. The van der Waals surface area contributed by atoms with Crippen molar-refractivity contribution in [3.63, 3.8) is 0 Å². The Balaban J connectivity index is 1.52. The van der Waals surface area contributed by atoms with Crippen molar-refractivity contribution in [2.24, 2.45) is 0 Å². The molecule has 4 aromatic carbocycles. The first-order chi connectivity index (χ1) is 19.9. The molecular formula is C34H32N4O3. The van der Waals surface area contributed by atoms with Crippen molar-refractivity contribution >= 4 is 17.4 Å². The van der Waals surface area contributed by atoms with Crippen LogP contribution in [0.2, 0.25) is 0 Å². The molecule has 7 heteroatoms. The maximum Gasteiger partial charge on any atom is 0.291 e. The topological polar surface area (TPSA) is 85.1 Å². The van der Waals surface area contributed by atoms with Crippen molar-refractivity contribution in [3.05, 3.63) is 154 Å². The number of amides is 1. The van der Waals surface area contributed by atoms with E-state index in [9.17, 15) is 14.4 Å². The number of likely N-dealkylation sites (N-methyl/N-ethyl adjacent to an activating group) is 1. The van der Waals surface area contributed by atoms with E-state index in [-0.39, 0.29) is 29.5 Å². The van der Waals surface area contributed by atoms with Gasteiger partial charge in [0.2, 0.25) is 5.91 Å². The molecule has 1 heterocycles. The third kappa shape index (κ3) is 6.42. The lowest BCUT2D eigenvalue weighted by molar-refractivity contribution is -0.117. The molecule has 1 aromatic heterocycles. The molecular weight excluding hydrogens is 512 g/mol. The maximum atomic E-state index is 13.7. The van der Waals surface area contributed by atoms with E-state index in [0.29, 0.717) is 11.1 Å². The van der Waals surface area contributed by atoms with Crippen LogP contribution in [0.5, 0.6) is 0 Å². The minimum absolute atomic E-state index is 0.0854. The Morgan fingerprint density at radius 2 is 1.39 bits per heavy atom. The highest BCUT2D eigenvalue weighted by molar-refractivity contribution is 6.09. The number of ketones is 1. The number of anilines is 1. The molecule has 206 valence electrons. The third-order valence-corrected chi connectivity index (χ3v) is 7.04. The monoisotopic (exact) mass is 544 g/mol. The first kappa shape index (κ1) is 27.6. The van der Waals surface area contributed by atoms with Gasteiger partial charge in [0.15, 0.2) is 5.78 Å². The molecule has 5 aromatic rings. The van der Waals surface area contributed by atoms with Crippen LogP contribution in [-0.2, 0) is 17.8 Å². The Labute approximate surface area is 239 Å². The van der Waals surface area contributed by atoms with Gasteiger partial charge >= 0.3 is 0 Å². The van der Waals surface area contributed by atoms with E-state index < -0.39 is 6.04 Å². The zero-order valence-corrected chi connectivity index (χ0v) is 23.1. The molecule has 0 radical (unpaired) electrons. The molecule has 0 aliphatic heterocycles. The summed E-state index contributed by atoms with van der Waals surface area (Å²) in [4.78, 5) is 39.4. The summed E-state index contributed by atoms with van der Waals surface area (Å²) in [7, 11) is 1.69. The molecule has 0 saturated heterocycles. The lowest BCUT2D eigenvalue weighted by atomic mass is 10.0. The lowest BCUT2D eigenvalue weighted by Crippen LogP contribution is -2.36. The standard InChI is InChI=1S/C34H32N4O3/c1-24(35-2)33(40)36-31-23-37(30-18-10-13-26(21-30)19-25-11-5-3-6-12-25)38(34(31)41)22-27-14-9-17-29(20-27)32(39)28-15-7-4-8-16-28/h3-18,20-21,23-24,35H,19,22H2,1-2H3,(H,36,40). The summed E-state index contributed by atoms with van der Waals surface area (Å²) in [6.45, 7) is 1.93. The van der Waals surface area contributed by atoms with Gasteiger partial charge in [0.25, 0.3) is 5.56 Å². The average molecular weight is 545 g/mol. The van der Waals surface area contributed by atoms with Crippen LogP contribution in [0.3, 0.4) is 0 Å². The van der Waals surface area contributed by atoms with Crippen LogP contribution in [0, 0.1) is 0 Å². The first-order valence-electron chi connectivity index (χ1n) is 13.6. The van der Waals surface area contributed by atoms with Crippen molar-refractivity contribution in [1.82, 2.24) is 14.7 Å². The van der Waals surface area contributed by atoms with Crippen LogP contribution in [0.1, 0.15) is 39.5 Å². The molecule has 0 fully saturated rings. The number of carbonyl (C=O) groups is 2. The fourth-order valence-corrected chi connectivity index (χ4v) is 4.68. The quantitative estimate of drug-likeness (QED) is 0.241. The van der Waals surface area contributed by atoms with E-state index >= 15 is 0 Å². The molecule has 0 aliphatic rings. The van der Waals surface area contributed by atoms with Gasteiger partial charge in [-0.1, -0.05) is 91.0 Å². The molecule has 0 aliphatic carbocycles. The highest BCUT2D eigenvalue weighted by Gasteiger charge is 2.19. The minimum atomic E-state index is -0.471. The van der Waals surface area contributed by atoms with Gasteiger partial charge in [-0.25, -0.2) is 4.68 Å². The minimum Gasteiger partial charge on any atom is -0.319 e. The van der Waals surface area contributed by atoms with Gasteiger partial charge in [0, 0.05) is 11.1 Å². The highest BCUT2D eigenvalue weighted by atomic mass is 16.2. The highest BCUT2D eigenvalue weighted by Crippen LogP contribution is 2.18. The van der Waals surface area contributed by atoms with Crippen molar-refractivity contribution < 1.29 is 9.59 Å². The predicted molar refractivity (Wildman–Crippen MR) is 162 cm³/mol. The second kappa shape index (κ2) is 12.4. The van der Waals surface area contributed by atoms with Crippen LogP contribution in [0.15, 0.2) is 120 Å². The second-order valence-corrected chi connectivity index (χ2v) is 9.98. The normalized spacial score (nSPS) is 11.7. The molecule has 41 heavy (non-hydrogen) atoms. The Morgan fingerprint density at radius 3 is 2.12 bits per heavy atom.